The third-order valence-corrected chi connectivity index (χ3v) is 4.83. The van der Waals surface area contributed by atoms with E-state index in [9.17, 15) is 0 Å². The first kappa shape index (κ1) is 15.3. The number of aromatic nitrogens is 1. The number of nitrogen functional groups attached to an aromatic ring is 1. The minimum atomic E-state index is 0.514. The van der Waals surface area contributed by atoms with Crippen molar-refractivity contribution in [2.24, 2.45) is 5.10 Å². The third kappa shape index (κ3) is 3.78. The van der Waals surface area contributed by atoms with Crippen LogP contribution in [0.3, 0.4) is 0 Å². The summed E-state index contributed by atoms with van der Waals surface area (Å²) in [5.41, 5.74) is 10.8. The van der Waals surface area contributed by atoms with E-state index in [1.54, 1.807) is 5.38 Å². The number of hydrogen-bond donors (Lipinski definition) is 2. The summed E-state index contributed by atoms with van der Waals surface area (Å²) in [5, 5.41) is 6.77. The number of thiazole rings is 1. The molecule has 1 aliphatic heterocycles. The summed E-state index contributed by atoms with van der Waals surface area (Å²) in [4.78, 5) is 6.55. The molecule has 5 nitrogen and oxygen atoms in total. The molecule has 0 atom stereocenters. The van der Waals surface area contributed by atoms with Gasteiger partial charge >= 0.3 is 0 Å². The quantitative estimate of drug-likeness (QED) is 0.623. The van der Waals surface area contributed by atoms with Crippen molar-refractivity contribution in [1.29, 1.82) is 0 Å². The molecule has 7 heteroatoms. The molecule has 0 unspecified atom stereocenters. The Morgan fingerprint density at radius 3 is 2.86 bits per heavy atom. The van der Waals surface area contributed by atoms with Gasteiger partial charge in [0.25, 0.3) is 0 Å². The van der Waals surface area contributed by atoms with E-state index in [2.05, 4.69) is 48.5 Å². The van der Waals surface area contributed by atoms with Gasteiger partial charge in [0.2, 0.25) is 5.13 Å². The summed E-state index contributed by atoms with van der Waals surface area (Å²) < 4.78 is 1.09. The van der Waals surface area contributed by atoms with Crippen molar-refractivity contribution < 1.29 is 0 Å². The molecule has 0 radical (unpaired) electrons. The molecule has 22 heavy (non-hydrogen) atoms. The average Bonchev–Trinajstić information content (AvgIpc) is 2.95. The highest BCUT2D eigenvalue weighted by molar-refractivity contribution is 9.10. The number of benzene rings is 1. The van der Waals surface area contributed by atoms with E-state index in [4.69, 9.17) is 5.73 Å². The molecule has 2 aromatic rings. The fourth-order valence-electron chi connectivity index (χ4n) is 2.53. The highest BCUT2D eigenvalue weighted by Crippen LogP contribution is 2.27. The summed E-state index contributed by atoms with van der Waals surface area (Å²) in [7, 11) is 0. The van der Waals surface area contributed by atoms with Crippen LogP contribution in [0.25, 0.3) is 0 Å². The molecule has 0 bridgehead atoms. The van der Waals surface area contributed by atoms with Crippen LogP contribution in [0.15, 0.2) is 33.2 Å². The molecule has 3 N–H and O–H groups in total. The standard InChI is InChI=1S/C15H18BrN5S/c16-12-5-4-11(9-18-20-15-19-14(17)10-22-15)13(8-12)21-6-2-1-3-7-21/h4-5,8-10H,1-3,6-7,17H2,(H,19,20). The normalized spacial score (nSPS) is 15.4. The second-order valence-corrected chi connectivity index (χ2v) is 6.97. The maximum absolute atomic E-state index is 5.60. The van der Waals surface area contributed by atoms with Crippen LogP contribution in [0.1, 0.15) is 24.8 Å². The molecule has 116 valence electrons. The van der Waals surface area contributed by atoms with Gasteiger partial charge in [0.1, 0.15) is 5.82 Å². The number of nitrogens with zero attached hydrogens (tertiary/aromatic N) is 3. The Morgan fingerprint density at radius 1 is 1.32 bits per heavy atom. The van der Waals surface area contributed by atoms with E-state index >= 15 is 0 Å². The Bertz CT molecular complexity index is 664. The van der Waals surface area contributed by atoms with Gasteiger partial charge in [-0.1, -0.05) is 22.0 Å². The van der Waals surface area contributed by atoms with Gasteiger partial charge in [0.05, 0.1) is 6.21 Å². The number of hydrogen-bond acceptors (Lipinski definition) is 6. The van der Waals surface area contributed by atoms with Crippen molar-refractivity contribution in [3.05, 3.63) is 33.6 Å². The maximum Gasteiger partial charge on any atom is 0.205 e. The Morgan fingerprint density at radius 2 is 2.14 bits per heavy atom. The molecule has 2 heterocycles. The monoisotopic (exact) mass is 379 g/mol. The number of nitrogens with one attached hydrogen (secondary N) is 1. The van der Waals surface area contributed by atoms with Crippen LogP contribution >= 0.6 is 27.3 Å². The van der Waals surface area contributed by atoms with E-state index in [0.717, 1.165) is 23.1 Å². The average molecular weight is 380 g/mol. The van der Waals surface area contributed by atoms with Gasteiger partial charge in [0.15, 0.2) is 0 Å². The fourth-order valence-corrected chi connectivity index (χ4v) is 3.43. The van der Waals surface area contributed by atoms with Crippen LogP contribution in [0.5, 0.6) is 0 Å². The largest absolute Gasteiger partial charge is 0.383 e. The summed E-state index contributed by atoms with van der Waals surface area (Å²) in [6.45, 7) is 2.21. The molecule has 1 aliphatic rings. The van der Waals surface area contributed by atoms with Crippen LogP contribution in [-0.2, 0) is 0 Å². The molecule has 1 aromatic carbocycles. The van der Waals surface area contributed by atoms with E-state index in [-0.39, 0.29) is 0 Å². The smallest absolute Gasteiger partial charge is 0.205 e. The van der Waals surface area contributed by atoms with Crippen molar-refractivity contribution in [2.75, 3.05) is 29.1 Å². The van der Waals surface area contributed by atoms with Crippen molar-refractivity contribution >= 4 is 50.1 Å². The van der Waals surface area contributed by atoms with Crippen LogP contribution in [0, 0.1) is 0 Å². The zero-order chi connectivity index (χ0) is 15.4. The molecular formula is C15H18BrN5S. The second-order valence-electron chi connectivity index (χ2n) is 5.20. The summed E-state index contributed by atoms with van der Waals surface area (Å²) in [6, 6.07) is 6.28. The van der Waals surface area contributed by atoms with E-state index < -0.39 is 0 Å². The van der Waals surface area contributed by atoms with E-state index in [0.29, 0.717) is 10.9 Å². The lowest BCUT2D eigenvalue weighted by Crippen LogP contribution is -2.30. The Labute approximate surface area is 142 Å². The van der Waals surface area contributed by atoms with Gasteiger partial charge in [-0.15, -0.1) is 11.3 Å². The van der Waals surface area contributed by atoms with E-state index in [1.807, 2.05) is 12.3 Å². The third-order valence-electron chi connectivity index (χ3n) is 3.58. The Hall–Kier alpha value is -1.60. The number of piperidine rings is 1. The maximum atomic E-state index is 5.60. The van der Waals surface area contributed by atoms with E-state index in [1.165, 1.54) is 36.3 Å². The van der Waals surface area contributed by atoms with Crippen molar-refractivity contribution in [3.8, 4) is 0 Å². The highest BCUT2D eigenvalue weighted by Gasteiger charge is 2.14. The molecule has 1 saturated heterocycles. The first-order valence-electron chi connectivity index (χ1n) is 7.27. The molecule has 0 spiro atoms. The van der Waals surface area contributed by atoms with Crippen molar-refractivity contribution in [1.82, 2.24) is 4.98 Å². The molecule has 0 amide bonds. The topological polar surface area (TPSA) is 66.5 Å². The SMILES string of the molecule is Nc1csc(NN=Cc2ccc(Br)cc2N2CCCCC2)n1. The first-order valence-corrected chi connectivity index (χ1v) is 8.94. The molecule has 3 rings (SSSR count). The number of nitrogens with two attached hydrogens (primary N) is 1. The second kappa shape index (κ2) is 7.11. The Balaban J connectivity index is 1.77. The summed E-state index contributed by atoms with van der Waals surface area (Å²) >= 11 is 5.00. The van der Waals surface area contributed by atoms with Gasteiger partial charge in [-0.05, 0) is 31.4 Å². The number of anilines is 3. The van der Waals surface area contributed by atoms with Crippen molar-refractivity contribution in [2.45, 2.75) is 19.3 Å². The molecule has 1 fully saturated rings. The van der Waals surface area contributed by atoms with Gasteiger partial charge < -0.3 is 10.6 Å². The summed E-state index contributed by atoms with van der Waals surface area (Å²) in [5.74, 6) is 0.514. The number of halogens is 1. The lowest BCUT2D eigenvalue weighted by atomic mass is 10.1. The minimum absolute atomic E-state index is 0.514. The fraction of sp³-hybridized carbons (Fsp3) is 0.333. The first-order chi connectivity index (χ1) is 10.7. The predicted octanol–water partition coefficient (Wildman–Crippen LogP) is 3.92. The molecule has 0 saturated carbocycles. The van der Waals surface area contributed by atoms with Gasteiger partial charge in [0, 0.05) is 34.2 Å². The zero-order valence-electron chi connectivity index (χ0n) is 12.1. The lowest BCUT2D eigenvalue weighted by molar-refractivity contribution is 0.577. The van der Waals surface area contributed by atoms with Crippen LogP contribution < -0.4 is 16.1 Å². The van der Waals surface area contributed by atoms with Crippen LogP contribution in [-0.4, -0.2) is 24.3 Å². The van der Waals surface area contributed by atoms with Gasteiger partial charge in [-0.25, -0.2) is 4.98 Å². The van der Waals surface area contributed by atoms with Crippen LogP contribution in [0.4, 0.5) is 16.6 Å². The number of hydrazone groups is 1. The molecule has 0 aliphatic carbocycles. The van der Waals surface area contributed by atoms with Gasteiger partial charge in [-0.3, -0.25) is 5.43 Å². The number of rotatable bonds is 4. The predicted molar refractivity (Wildman–Crippen MR) is 97.9 cm³/mol. The highest BCUT2D eigenvalue weighted by atomic mass is 79.9. The zero-order valence-corrected chi connectivity index (χ0v) is 14.5. The van der Waals surface area contributed by atoms with Crippen LogP contribution in [0.2, 0.25) is 0 Å². The Kier molecular flexibility index (Phi) is 4.94. The minimum Gasteiger partial charge on any atom is -0.383 e. The lowest BCUT2D eigenvalue weighted by Gasteiger charge is -2.30. The summed E-state index contributed by atoms with van der Waals surface area (Å²) in [6.07, 6.45) is 5.66. The molecule has 1 aromatic heterocycles. The molecular weight excluding hydrogens is 362 g/mol. The van der Waals surface area contributed by atoms with Gasteiger partial charge in [-0.2, -0.15) is 5.10 Å². The van der Waals surface area contributed by atoms with Crippen molar-refractivity contribution in [3.63, 3.8) is 0 Å².